The molecule has 0 saturated carbocycles. The molecule has 3 aromatic rings. The van der Waals surface area contributed by atoms with Gasteiger partial charge in [-0.15, -0.1) is 0 Å². The lowest BCUT2D eigenvalue weighted by molar-refractivity contribution is -0.116. The van der Waals surface area contributed by atoms with Gasteiger partial charge in [0.05, 0.1) is 9.79 Å². The highest BCUT2D eigenvalue weighted by Gasteiger charge is 2.21. The molecule has 0 aliphatic carbocycles. The number of rotatable bonds is 10. The molecule has 0 saturated heterocycles. The van der Waals surface area contributed by atoms with Gasteiger partial charge in [-0.25, -0.2) is 25.9 Å². The summed E-state index contributed by atoms with van der Waals surface area (Å²) in [5, 5.41) is 2.59. The van der Waals surface area contributed by atoms with Gasteiger partial charge >= 0.3 is 0 Å². The first-order valence-electron chi connectivity index (χ1n) is 10.2. The minimum absolute atomic E-state index is 0.0796. The third kappa shape index (κ3) is 6.70. The Morgan fingerprint density at radius 2 is 1.44 bits per heavy atom. The fourth-order valence-electron chi connectivity index (χ4n) is 3.04. The maximum atomic E-state index is 13.0. The number of sulfonamides is 2. The number of hydrogen-bond acceptors (Lipinski definition) is 5. The highest BCUT2D eigenvalue weighted by molar-refractivity contribution is 7.89. The van der Waals surface area contributed by atoms with Crippen molar-refractivity contribution in [1.29, 1.82) is 0 Å². The standard InChI is InChI=1S/C23H24FN3O5S2/c1-27(17-18-5-3-2-4-6-18)34(31,32)22-13-9-20(10-14-22)26-23(28)15-16-25-33(29,30)21-11-7-19(24)8-12-21/h2-14,25H,15-17H2,1H3,(H,26,28). The molecule has 0 aliphatic rings. The molecule has 0 radical (unpaired) electrons. The number of carbonyl (C=O) groups excluding carboxylic acids is 1. The summed E-state index contributed by atoms with van der Waals surface area (Å²) in [5.74, 6) is -1.02. The Morgan fingerprint density at radius 1 is 0.853 bits per heavy atom. The zero-order chi connectivity index (χ0) is 24.8. The quantitative estimate of drug-likeness (QED) is 0.440. The zero-order valence-corrected chi connectivity index (χ0v) is 19.9. The monoisotopic (exact) mass is 505 g/mol. The van der Waals surface area contributed by atoms with E-state index in [4.69, 9.17) is 0 Å². The van der Waals surface area contributed by atoms with Crippen molar-refractivity contribution >= 4 is 31.6 Å². The topological polar surface area (TPSA) is 113 Å². The lowest BCUT2D eigenvalue weighted by atomic mass is 10.2. The smallest absolute Gasteiger partial charge is 0.243 e. The van der Waals surface area contributed by atoms with Gasteiger partial charge in [0, 0.05) is 32.2 Å². The second-order valence-electron chi connectivity index (χ2n) is 7.42. The predicted octanol–water partition coefficient (Wildman–Crippen LogP) is 2.95. The van der Waals surface area contributed by atoms with E-state index < -0.39 is 31.8 Å². The predicted molar refractivity (Wildman–Crippen MR) is 126 cm³/mol. The van der Waals surface area contributed by atoms with Crippen molar-refractivity contribution in [3.8, 4) is 0 Å². The van der Waals surface area contributed by atoms with Crippen LogP contribution in [0.15, 0.2) is 88.7 Å². The normalized spacial score (nSPS) is 12.0. The number of carbonyl (C=O) groups is 1. The molecular formula is C23H24FN3O5S2. The summed E-state index contributed by atoms with van der Waals surface area (Å²) in [6.07, 6.45) is -0.152. The highest BCUT2D eigenvalue weighted by atomic mass is 32.2. The van der Waals surface area contributed by atoms with Gasteiger partial charge in [-0.2, -0.15) is 4.31 Å². The molecule has 0 fully saturated rings. The number of nitrogens with zero attached hydrogens (tertiary/aromatic N) is 1. The number of halogens is 1. The summed E-state index contributed by atoms with van der Waals surface area (Å²) in [7, 11) is -6.10. The Hall–Kier alpha value is -3.12. The molecule has 0 heterocycles. The van der Waals surface area contributed by atoms with Crippen molar-refractivity contribution in [3.05, 3.63) is 90.2 Å². The Kier molecular flexibility index (Phi) is 8.15. The molecular weight excluding hydrogens is 481 g/mol. The molecule has 8 nitrogen and oxygen atoms in total. The molecule has 1 amide bonds. The van der Waals surface area contributed by atoms with Crippen molar-refractivity contribution in [1.82, 2.24) is 9.03 Å². The van der Waals surface area contributed by atoms with Gasteiger partial charge in [0.15, 0.2) is 0 Å². The number of amides is 1. The van der Waals surface area contributed by atoms with Gasteiger partial charge in [-0.1, -0.05) is 30.3 Å². The Balaban J connectivity index is 1.53. The Labute approximate surface area is 198 Å². The van der Waals surface area contributed by atoms with Gasteiger partial charge in [-0.3, -0.25) is 4.79 Å². The maximum absolute atomic E-state index is 13.0. The first kappa shape index (κ1) is 25.5. The molecule has 3 rings (SSSR count). The molecule has 180 valence electrons. The third-order valence-electron chi connectivity index (χ3n) is 4.86. The maximum Gasteiger partial charge on any atom is 0.243 e. The summed E-state index contributed by atoms with van der Waals surface area (Å²) in [6, 6.07) is 19.2. The van der Waals surface area contributed by atoms with Crippen molar-refractivity contribution in [2.75, 3.05) is 18.9 Å². The summed E-state index contributed by atoms with van der Waals surface area (Å²) in [6.45, 7) is 0.0534. The number of anilines is 1. The van der Waals surface area contributed by atoms with Crippen molar-refractivity contribution in [3.63, 3.8) is 0 Å². The van der Waals surface area contributed by atoms with Gasteiger partial charge in [-0.05, 0) is 54.1 Å². The highest BCUT2D eigenvalue weighted by Crippen LogP contribution is 2.19. The van der Waals surface area contributed by atoms with E-state index in [2.05, 4.69) is 10.0 Å². The molecule has 0 unspecified atom stereocenters. The van der Waals surface area contributed by atoms with Crippen molar-refractivity contribution < 1.29 is 26.0 Å². The van der Waals surface area contributed by atoms with Gasteiger partial charge in [0.2, 0.25) is 26.0 Å². The fourth-order valence-corrected chi connectivity index (χ4v) is 5.23. The van der Waals surface area contributed by atoms with Crippen LogP contribution in [0.25, 0.3) is 0 Å². The summed E-state index contributed by atoms with van der Waals surface area (Å²) < 4.78 is 66.4. The SMILES string of the molecule is CN(Cc1ccccc1)S(=O)(=O)c1ccc(NC(=O)CCNS(=O)(=O)c2ccc(F)cc2)cc1. The molecule has 34 heavy (non-hydrogen) atoms. The van der Waals surface area contributed by atoms with Crippen LogP contribution in [0.2, 0.25) is 0 Å². The van der Waals surface area contributed by atoms with Crippen LogP contribution in [0.1, 0.15) is 12.0 Å². The van der Waals surface area contributed by atoms with Gasteiger partial charge in [0.25, 0.3) is 0 Å². The van der Waals surface area contributed by atoms with Gasteiger partial charge < -0.3 is 5.32 Å². The minimum Gasteiger partial charge on any atom is -0.326 e. The summed E-state index contributed by atoms with van der Waals surface area (Å²) in [5.41, 5.74) is 1.23. The van der Waals surface area contributed by atoms with Crippen LogP contribution < -0.4 is 10.0 Å². The Morgan fingerprint density at radius 3 is 2.06 bits per heavy atom. The largest absolute Gasteiger partial charge is 0.326 e. The second kappa shape index (κ2) is 10.9. The van der Waals surface area contributed by atoms with E-state index in [-0.39, 0.29) is 29.3 Å². The van der Waals surface area contributed by atoms with Crippen molar-refractivity contribution in [2.45, 2.75) is 22.8 Å². The lowest BCUT2D eigenvalue weighted by Crippen LogP contribution is -2.28. The molecule has 11 heteroatoms. The molecule has 0 bridgehead atoms. The molecule has 0 aromatic heterocycles. The third-order valence-corrected chi connectivity index (χ3v) is 8.16. The number of nitrogens with one attached hydrogen (secondary N) is 2. The second-order valence-corrected chi connectivity index (χ2v) is 11.2. The zero-order valence-electron chi connectivity index (χ0n) is 18.3. The number of hydrogen-bond donors (Lipinski definition) is 2. The van der Waals surface area contributed by atoms with E-state index in [0.29, 0.717) is 5.69 Å². The average molecular weight is 506 g/mol. The van der Waals surface area contributed by atoms with Gasteiger partial charge in [0.1, 0.15) is 5.82 Å². The van der Waals surface area contributed by atoms with Crippen LogP contribution in [-0.2, 0) is 31.4 Å². The molecule has 3 aromatic carbocycles. The number of benzene rings is 3. The molecule has 0 atom stereocenters. The Bertz CT molecular complexity index is 1330. The minimum atomic E-state index is -3.87. The van der Waals surface area contributed by atoms with E-state index in [9.17, 15) is 26.0 Å². The first-order valence-corrected chi connectivity index (χ1v) is 13.2. The van der Waals surface area contributed by atoms with Crippen LogP contribution >= 0.6 is 0 Å². The molecule has 0 aliphatic heterocycles. The van der Waals surface area contributed by atoms with E-state index in [1.54, 1.807) is 0 Å². The van der Waals surface area contributed by atoms with Crippen molar-refractivity contribution in [2.24, 2.45) is 0 Å². The van der Waals surface area contributed by atoms with Crippen LogP contribution in [0.5, 0.6) is 0 Å². The van der Waals surface area contributed by atoms with Crippen LogP contribution in [0, 0.1) is 5.82 Å². The summed E-state index contributed by atoms with van der Waals surface area (Å²) >= 11 is 0. The van der Waals surface area contributed by atoms with E-state index in [1.807, 2.05) is 30.3 Å². The fraction of sp³-hybridized carbons (Fsp3) is 0.174. The van der Waals surface area contributed by atoms with E-state index >= 15 is 0 Å². The average Bonchev–Trinajstić information content (AvgIpc) is 2.80. The lowest BCUT2D eigenvalue weighted by Gasteiger charge is -2.17. The molecule has 2 N–H and O–H groups in total. The summed E-state index contributed by atoms with van der Waals surface area (Å²) in [4.78, 5) is 12.1. The van der Waals surface area contributed by atoms with Crippen LogP contribution in [0.4, 0.5) is 10.1 Å². The first-order chi connectivity index (χ1) is 16.1. The molecule has 0 spiro atoms. The van der Waals surface area contributed by atoms with E-state index in [0.717, 1.165) is 29.8 Å². The van der Waals surface area contributed by atoms with Crippen LogP contribution in [0.3, 0.4) is 0 Å². The van der Waals surface area contributed by atoms with E-state index in [1.165, 1.54) is 35.6 Å². The van der Waals surface area contributed by atoms with Crippen LogP contribution in [-0.4, -0.2) is 40.6 Å².